The van der Waals surface area contributed by atoms with Crippen molar-refractivity contribution in [3.63, 3.8) is 0 Å². The van der Waals surface area contributed by atoms with E-state index in [4.69, 9.17) is 9.47 Å². The highest BCUT2D eigenvalue weighted by atomic mass is 16.6. The number of aryl methyl sites for hydroxylation is 2. The van der Waals surface area contributed by atoms with E-state index in [-0.39, 0.29) is 5.78 Å². The molecule has 0 saturated heterocycles. The van der Waals surface area contributed by atoms with Crippen LogP contribution in [0.15, 0.2) is 72.8 Å². The van der Waals surface area contributed by atoms with E-state index < -0.39 is 12.1 Å². The molecule has 0 N–H and O–H groups in total. The predicted molar refractivity (Wildman–Crippen MR) is 108 cm³/mol. The van der Waals surface area contributed by atoms with Gasteiger partial charge in [0.25, 0.3) is 0 Å². The van der Waals surface area contributed by atoms with E-state index in [2.05, 4.69) is 0 Å². The summed E-state index contributed by atoms with van der Waals surface area (Å²) < 4.78 is 11.2. The Bertz CT molecular complexity index is 955. The summed E-state index contributed by atoms with van der Waals surface area (Å²) in [4.78, 5) is 24.8. The van der Waals surface area contributed by atoms with Crippen LogP contribution in [0.4, 0.5) is 0 Å². The van der Waals surface area contributed by atoms with Crippen LogP contribution in [0.3, 0.4) is 0 Å². The van der Waals surface area contributed by atoms with Crippen LogP contribution < -0.4 is 9.47 Å². The number of para-hydroxylation sites is 1. The van der Waals surface area contributed by atoms with Gasteiger partial charge < -0.3 is 9.47 Å². The summed E-state index contributed by atoms with van der Waals surface area (Å²) in [5, 5.41) is 0. The fourth-order valence-corrected chi connectivity index (χ4v) is 2.84. The second kappa shape index (κ2) is 8.53. The number of carbonyl (C=O) groups is 2. The van der Waals surface area contributed by atoms with Crippen molar-refractivity contribution >= 4 is 11.8 Å². The van der Waals surface area contributed by atoms with Gasteiger partial charge in [-0.25, -0.2) is 4.79 Å². The molecule has 0 spiro atoms. The molecule has 0 saturated carbocycles. The largest absolute Gasteiger partial charge is 0.478 e. The molecule has 28 heavy (non-hydrogen) atoms. The van der Waals surface area contributed by atoms with E-state index in [0.29, 0.717) is 22.6 Å². The second-order valence-electron chi connectivity index (χ2n) is 6.62. The number of esters is 1. The molecule has 3 rings (SSSR count). The summed E-state index contributed by atoms with van der Waals surface area (Å²) in [7, 11) is 0. The Hall–Kier alpha value is -3.40. The molecule has 0 aromatic heterocycles. The van der Waals surface area contributed by atoms with Gasteiger partial charge in [-0.05, 0) is 56.2 Å². The molecule has 0 aliphatic carbocycles. The maximum atomic E-state index is 12.4. The first-order valence-corrected chi connectivity index (χ1v) is 9.10. The first kappa shape index (κ1) is 19.4. The summed E-state index contributed by atoms with van der Waals surface area (Å²) in [5.41, 5.74) is 3.07. The van der Waals surface area contributed by atoms with E-state index in [1.165, 1.54) is 0 Å². The molecule has 0 fully saturated rings. The quantitative estimate of drug-likeness (QED) is 0.350. The highest BCUT2D eigenvalue weighted by molar-refractivity contribution is 6.09. The van der Waals surface area contributed by atoms with Gasteiger partial charge in [0.1, 0.15) is 11.5 Å². The number of benzene rings is 3. The standard InChI is InChI=1S/C24H22O4/c1-16-8-7-9-17(2)23(16)27-18(3)24(26)28-21-14-12-20(13-15-21)22(25)19-10-5-4-6-11-19/h4-15,18H,1-3H3. The van der Waals surface area contributed by atoms with Gasteiger partial charge in [0.05, 0.1) is 0 Å². The van der Waals surface area contributed by atoms with Gasteiger partial charge in [-0.15, -0.1) is 0 Å². The Balaban J connectivity index is 1.65. The molecular formula is C24H22O4. The molecule has 0 heterocycles. The minimum Gasteiger partial charge on any atom is -0.478 e. The number of hydrogen-bond acceptors (Lipinski definition) is 4. The number of hydrogen-bond donors (Lipinski definition) is 0. The third kappa shape index (κ3) is 4.46. The topological polar surface area (TPSA) is 52.6 Å². The molecule has 4 heteroatoms. The van der Waals surface area contributed by atoms with Crippen LogP contribution in [-0.4, -0.2) is 17.9 Å². The average Bonchev–Trinajstić information content (AvgIpc) is 2.71. The molecule has 1 atom stereocenters. The summed E-state index contributed by atoms with van der Waals surface area (Å²) in [6, 6.07) is 21.4. The lowest BCUT2D eigenvalue weighted by Crippen LogP contribution is -2.29. The van der Waals surface area contributed by atoms with Crippen LogP contribution in [0, 0.1) is 13.8 Å². The van der Waals surface area contributed by atoms with Crippen LogP contribution in [-0.2, 0) is 4.79 Å². The van der Waals surface area contributed by atoms with Crippen LogP contribution in [0.25, 0.3) is 0 Å². The Kier molecular flexibility index (Phi) is 5.90. The lowest BCUT2D eigenvalue weighted by Gasteiger charge is -2.17. The third-order valence-electron chi connectivity index (χ3n) is 4.41. The van der Waals surface area contributed by atoms with Crippen molar-refractivity contribution in [1.29, 1.82) is 0 Å². The molecule has 4 nitrogen and oxygen atoms in total. The predicted octanol–water partition coefficient (Wildman–Crippen LogP) is 4.91. The summed E-state index contributed by atoms with van der Waals surface area (Å²) in [5.74, 6) is 0.484. The fraction of sp³-hybridized carbons (Fsp3) is 0.167. The first-order valence-electron chi connectivity index (χ1n) is 9.10. The number of ether oxygens (including phenoxy) is 2. The van der Waals surface area contributed by atoms with Gasteiger partial charge in [-0.1, -0.05) is 48.5 Å². The average molecular weight is 374 g/mol. The normalized spacial score (nSPS) is 11.5. The monoisotopic (exact) mass is 374 g/mol. The zero-order chi connectivity index (χ0) is 20.1. The Morgan fingerprint density at radius 1 is 0.750 bits per heavy atom. The van der Waals surface area contributed by atoms with Gasteiger partial charge in [-0.2, -0.15) is 0 Å². The number of rotatable bonds is 6. The van der Waals surface area contributed by atoms with Crippen LogP contribution in [0.2, 0.25) is 0 Å². The minimum atomic E-state index is -0.759. The van der Waals surface area contributed by atoms with E-state index in [9.17, 15) is 9.59 Å². The Morgan fingerprint density at radius 2 is 1.32 bits per heavy atom. The smallest absolute Gasteiger partial charge is 0.352 e. The Labute approximate surface area is 164 Å². The van der Waals surface area contributed by atoms with Crippen molar-refractivity contribution in [1.82, 2.24) is 0 Å². The molecule has 3 aromatic carbocycles. The van der Waals surface area contributed by atoms with Crippen LogP contribution in [0.1, 0.15) is 34.0 Å². The lowest BCUT2D eigenvalue weighted by atomic mass is 10.0. The Morgan fingerprint density at radius 3 is 1.93 bits per heavy atom. The van der Waals surface area contributed by atoms with Crippen molar-refractivity contribution < 1.29 is 19.1 Å². The molecule has 0 radical (unpaired) electrons. The molecule has 0 aliphatic rings. The van der Waals surface area contributed by atoms with E-state index >= 15 is 0 Å². The van der Waals surface area contributed by atoms with E-state index in [1.807, 2.05) is 50.2 Å². The summed E-state index contributed by atoms with van der Waals surface area (Å²) >= 11 is 0. The molecule has 0 bridgehead atoms. The highest BCUT2D eigenvalue weighted by Gasteiger charge is 2.19. The van der Waals surface area contributed by atoms with Crippen molar-refractivity contribution in [2.45, 2.75) is 26.9 Å². The van der Waals surface area contributed by atoms with Crippen molar-refractivity contribution in [3.8, 4) is 11.5 Å². The third-order valence-corrected chi connectivity index (χ3v) is 4.41. The summed E-state index contributed by atoms with van der Waals surface area (Å²) in [6.45, 7) is 5.52. The van der Waals surface area contributed by atoms with Gasteiger partial charge >= 0.3 is 5.97 Å². The zero-order valence-corrected chi connectivity index (χ0v) is 16.1. The zero-order valence-electron chi connectivity index (χ0n) is 16.1. The molecule has 1 unspecified atom stereocenters. The van der Waals surface area contributed by atoms with Crippen molar-refractivity contribution in [2.24, 2.45) is 0 Å². The lowest BCUT2D eigenvalue weighted by molar-refractivity contribution is -0.141. The molecule has 0 amide bonds. The van der Waals surface area contributed by atoms with Crippen LogP contribution >= 0.6 is 0 Å². The molecule has 142 valence electrons. The number of carbonyl (C=O) groups excluding carboxylic acids is 2. The molecule has 0 aliphatic heterocycles. The van der Waals surface area contributed by atoms with E-state index in [0.717, 1.165) is 11.1 Å². The van der Waals surface area contributed by atoms with Gasteiger partial charge in [0.2, 0.25) is 0 Å². The minimum absolute atomic E-state index is 0.0785. The second-order valence-corrected chi connectivity index (χ2v) is 6.62. The first-order chi connectivity index (χ1) is 13.5. The fourth-order valence-electron chi connectivity index (χ4n) is 2.84. The van der Waals surface area contributed by atoms with E-state index in [1.54, 1.807) is 43.3 Å². The maximum absolute atomic E-state index is 12.4. The highest BCUT2D eigenvalue weighted by Crippen LogP contribution is 2.24. The molecule has 3 aromatic rings. The molecular weight excluding hydrogens is 352 g/mol. The SMILES string of the molecule is Cc1cccc(C)c1OC(C)C(=O)Oc1ccc(C(=O)c2ccccc2)cc1. The van der Waals surface area contributed by atoms with Crippen molar-refractivity contribution in [3.05, 3.63) is 95.1 Å². The van der Waals surface area contributed by atoms with Gasteiger partial charge in [0.15, 0.2) is 11.9 Å². The summed E-state index contributed by atoms with van der Waals surface area (Å²) in [6.07, 6.45) is -0.759. The van der Waals surface area contributed by atoms with Crippen LogP contribution in [0.5, 0.6) is 11.5 Å². The number of ketones is 1. The van der Waals surface area contributed by atoms with Crippen molar-refractivity contribution in [2.75, 3.05) is 0 Å². The maximum Gasteiger partial charge on any atom is 0.352 e. The van der Waals surface area contributed by atoms with Gasteiger partial charge in [-0.3, -0.25) is 4.79 Å². The van der Waals surface area contributed by atoms with Gasteiger partial charge in [0, 0.05) is 11.1 Å².